The van der Waals surface area contributed by atoms with Crippen LogP contribution in [-0.2, 0) is 11.2 Å². The first-order valence-electron chi connectivity index (χ1n) is 12.7. The molecule has 2 N–H and O–H groups in total. The molecule has 2 nitrogen and oxygen atoms in total. The van der Waals surface area contributed by atoms with E-state index in [0.29, 0.717) is 0 Å². The summed E-state index contributed by atoms with van der Waals surface area (Å²) in [6, 6.07) is 40.5. The zero-order valence-electron chi connectivity index (χ0n) is 19.9. The van der Waals surface area contributed by atoms with Crippen LogP contribution in [0.4, 0.5) is 0 Å². The molecule has 1 spiro atoms. The molecule has 2 aliphatic carbocycles. The van der Waals surface area contributed by atoms with Crippen LogP contribution in [0.25, 0.3) is 0 Å². The molecule has 0 amide bonds. The summed E-state index contributed by atoms with van der Waals surface area (Å²) in [6.45, 7) is 0. The Bertz CT molecular complexity index is 1070. The van der Waals surface area contributed by atoms with Crippen molar-refractivity contribution >= 4 is 0 Å². The van der Waals surface area contributed by atoms with Crippen LogP contribution in [0.3, 0.4) is 0 Å². The molecule has 0 saturated heterocycles. The normalized spacial score (nSPS) is 23.9. The van der Waals surface area contributed by atoms with Crippen LogP contribution in [0.15, 0.2) is 121 Å². The van der Waals surface area contributed by atoms with E-state index in [9.17, 15) is 10.2 Å². The van der Waals surface area contributed by atoms with Crippen molar-refractivity contribution in [2.45, 2.75) is 36.9 Å². The summed E-state index contributed by atoms with van der Waals surface area (Å²) < 4.78 is 0. The lowest BCUT2D eigenvalue weighted by Crippen LogP contribution is -2.58. The maximum Gasteiger partial charge on any atom is 0.117 e. The van der Waals surface area contributed by atoms with Crippen LogP contribution < -0.4 is 0 Å². The highest BCUT2D eigenvalue weighted by molar-refractivity contribution is 5.41. The molecule has 4 aromatic rings. The fraction of sp³-hybridized carbons (Fsp3) is 0.273. The molecule has 4 aromatic carbocycles. The van der Waals surface area contributed by atoms with Gasteiger partial charge in [0, 0.05) is 0 Å². The average molecular weight is 461 g/mol. The second kappa shape index (κ2) is 8.48. The van der Waals surface area contributed by atoms with Gasteiger partial charge in [0.1, 0.15) is 11.2 Å². The van der Waals surface area contributed by atoms with Gasteiger partial charge >= 0.3 is 0 Å². The average Bonchev–Trinajstić information content (AvgIpc) is 2.88. The summed E-state index contributed by atoms with van der Waals surface area (Å²) >= 11 is 0. The van der Waals surface area contributed by atoms with Crippen LogP contribution >= 0.6 is 0 Å². The summed E-state index contributed by atoms with van der Waals surface area (Å²) in [7, 11) is 0. The predicted octanol–water partition coefficient (Wildman–Crippen LogP) is 6.67. The van der Waals surface area contributed by atoms with E-state index in [1.165, 1.54) is 0 Å². The predicted molar refractivity (Wildman–Crippen MR) is 140 cm³/mol. The van der Waals surface area contributed by atoms with Crippen molar-refractivity contribution in [2.24, 2.45) is 17.3 Å². The quantitative estimate of drug-likeness (QED) is 0.338. The lowest BCUT2D eigenvalue weighted by Gasteiger charge is -2.64. The van der Waals surface area contributed by atoms with Gasteiger partial charge in [-0.3, -0.25) is 0 Å². The lowest BCUT2D eigenvalue weighted by atomic mass is 9.42. The molecule has 2 heteroatoms. The summed E-state index contributed by atoms with van der Waals surface area (Å²) in [6.07, 6.45) is 3.90. The zero-order valence-corrected chi connectivity index (χ0v) is 19.9. The maximum absolute atomic E-state index is 12.2. The summed E-state index contributed by atoms with van der Waals surface area (Å²) in [5.41, 5.74) is 2.07. The molecule has 2 saturated carbocycles. The highest BCUT2D eigenvalue weighted by Crippen LogP contribution is 2.68. The first-order chi connectivity index (χ1) is 17.0. The van der Waals surface area contributed by atoms with Crippen molar-refractivity contribution in [2.75, 3.05) is 0 Å². The molecular formula is C33H32O2. The van der Waals surface area contributed by atoms with Crippen LogP contribution in [0.2, 0.25) is 0 Å². The Hall–Kier alpha value is -3.20. The Balaban J connectivity index is 1.26. The fourth-order valence-electron chi connectivity index (χ4n) is 6.94. The van der Waals surface area contributed by atoms with Gasteiger partial charge in [-0.2, -0.15) is 0 Å². The van der Waals surface area contributed by atoms with E-state index in [1.807, 2.05) is 121 Å². The van der Waals surface area contributed by atoms with E-state index in [2.05, 4.69) is 0 Å². The second-order valence-corrected chi connectivity index (χ2v) is 10.7. The van der Waals surface area contributed by atoms with Gasteiger partial charge in [0.05, 0.1) is 0 Å². The van der Waals surface area contributed by atoms with Gasteiger partial charge in [0.15, 0.2) is 0 Å². The van der Waals surface area contributed by atoms with Crippen LogP contribution in [-0.4, -0.2) is 10.2 Å². The van der Waals surface area contributed by atoms with Gasteiger partial charge in [-0.15, -0.1) is 0 Å². The second-order valence-electron chi connectivity index (χ2n) is 10.7. The molecule has 2 aliphatic rings. The largest absolute Gasteiger partial charge is 0.380 e. The van der Waals surface area contributed by atoms with E-state index in [4.69, 9.17) is 0 Å². The number of hydrogen-bond acceptors (Lipinski definition) is 2. The third kappa shape index (κ3) is 3.55. The molecule has 0 heterocycles. The highest BCUT2D eigenvalue weighted by Gasteiger charge is 2.62. The minimum Gasteiger partial charge on any atom is -0.380 e. The summed E-state index contributed by atoms with van der Waals surface area (Å²) in [5.74, 6) is 0.324. The third-order valence-corrected chi connectivity index (χ3v) is 8.75. The van der Waals surface area contributed by atoms with Gasteiger partial charge in [0.2, 0.25) is 0 Å². The van der Waals surface area contributed by atoms with Crippen molar-refractivity contribution < 1.29 is 10.2 Å². The monoisotopic (exact) mass is 460 g/mol. The standard InChI is InChI=1S/C33H32O2/c34-32(25-13-5-1-6-14-25,26-15-7-2-8-16-26)29-21-31(22-29)23-30(24-31)33(35,27-17-9-3-10-18-27)28-19-11-4-12-20-28/h1-20,29-30,34-35H,21-24H2. The van der Waals surface area contributed by atoms with Crippen molar-refractivity contribution in [3.05, 3.63) is 144 Å². The van der Waals surface area contributed by atoms with Gasteiger partial charge in [-0.25, -0.2) is 0 Å². The van der Waals surface area contributed by atoms with Gasteiger partial charge in [0.25, 0.3) is 0 Å². The van der Waals surface area contributed by atoms with E-state index in [1.54, 1.807) is 0 Å². The Morgan fingerprint density at radius 3 is 0.886 bits per heavy atom. The molecule has 35 heavy (non-hydrogen) atoms. The maximum atomic E-state index is 12.2. The number of hydrogen-bond donors (Lipinski definition) is 2. The molecule has 0 radical (unpaired) electrons. The highest BCUT2D eigenvalue weighted by atomic mass is 16.3. The lowest BCUT2D eigenvalue weighted by molar-refractivity contribution is -0.177. The molecule has 0 aliphatic heterocycles. The van der Waals surface area contributed by atoms with Crippen molar-refractivity contribution in [1.82, 2.24) is 0 Å². The van der Waals surface area contributed by atoms with E-state index >= 15 is 0 Å². The molecule has 176 valence electrons. The smallest absolute Gasteiger partial charge is 0.117 e. The Labute approximate surface area is 207 Å². The molecule has 0 bridgehead atoms. The summed E-state index contributed by atoms with van der Waals surface area (Å²) in [5, 5.41) is 24.3. The van der Waals surface area contributed by atoms with Crippen LogP contribution in [0, 0.1) is 17.3 Å². The fourth-order valence-corrected chi connectivity index (χ4v) is 6.94. The minimum absolute atomic E-state index is 0.162. The molecule has 0 aromatic heterocycles. The van der Waals surface area contributed by atoms with Gasteiger partial charge in [-0.05, 0) is 65.2 Å². The Kier molecular flexibility index (Phi) is 5.40. The minimum atomic E-state index is -0.992. The SMILES string of the molecule is OC(c1ccccc1)(c1ccccc1)C1CC2(C1)CC(C(O)(c1ccccc1)c1ccccc1)C2. The molecule has 0 unspecified atom stereocenters. The first-order valence-corrected chi connectivity index (χ1v) is 12.7. The van der Waals surface area contributed by atoms with Crippen molar-refractivity contribution in [1.29, 1.82) is 0 Å². The Morgan fingerprint density at radius 2 is 0.657 bits per heavy atom. The van der Waals surface area contributed by atoms with Crippen molar-refractivity contribution in [3.8, 4) is 0 Å². The van der Waals surface area contributed by atoms with E-state index < -0.39 is 11.2 Å². The molecule has 0 atom stereocenters. The topological polar surface area (TPSA) is 40.5 Å². The third-order valence-electron chi connectivity index (χ3n) is 8.75. The van der Waals surface area contributed by atoms with Gasteiger partial charge < -0.3 is 10.2 Å². The zero-order chi connectivity index (χ0) is 23.9. The van der Waals surface area contributed by atoms with Crippen LogP contribution in [0.5, 0.6) is 0 Å². The molecular weight excluding hydrogens is 428 g/mol. The first kappa shape index (κ1) is 22.3. The molecule has 6 rings (SSSR count). The number of rotatable bonds is 6. The van der Waals surface area contributed by atoms with Gasteiger partial charge in [-0.1, -0.05) is 121 Å². The van der Waals surface area contributed by atoms with E-state index in [0.717, 1.165) is 47.9 Å². The van der Waals surface area contributed by atoms with Crippen LogP contribution in [0.1, 0.15) is 47.9 Å². The number of benzene rings is 4. The Morgan fingerprint density at radius 1 is 0.429 bits per heavy atom. The van der Waals surface area contributed by atoms with E-state index in [-0.39, 0.29) is 17.3 Å². The molecule has 2 fully saturated rings. The number of aliphatic hydroxyl groups is 2. The summed E-state index contributed by atoms with van der Waals surface area (Å²) in [4.78, 5) is 0. The van der Waals surface area contributed by atoms with Crippen molar-refractivity contribution in [3.63, 3.8) is 0 Å².